The van der Waals surface area contributed by atoms with Crippen molar-refractivity contribution < 1.29 is 44.5 Å². The average molecular weight is 577 g/mol. The number of hydrogen-bond donors (Lipinski definition) is 2. The average Bonchev–Trinajstić information content (AvgIpc) is 3.60. The number of carbonyl (C=O) groups is 1. The third kappa shape index (κ3) is 5.51. The van der Waals surface area contributed by atoms with Crippen molar-refractivity contribution in [2.75, 3.05) is 11.6 Å². The summed E-state index contributed by atoms with van der Waals surface area (Å²) in [6.45, 7) is 0.912. The van der Waals surface area contributed by atoms with Gasteiger partial charge in [0.05, 0.1) is 15.1 Å². The van der Waals surface area contributed by atoms with Crippen molar-refractivity contribution in [1.82, 2.24) is 15.2 Å². The van der Waals surface area contributed by atoms with Gasteiger partial charge in [0.2, 0.25) is 11.8 Å². The number of benzene rings is 1. The maximum absolute atomic E-state index is 14.6. The fourth-order valence-corrected chi connectivity index (χ4v) is 4.57. The summed E-state index contributed by atoms with van der Waals surface area (Å²) < 4.78 is 120. The van der Waals surface area contributed by atoms with Gasteiger partial charge in [-0.05, 0) is 49.6 Å². The molecule has 8 nitrogen and oxygen atoms in total. The highest BCUT2D eigenvalue weighted by Gasteiger charge is 2.65. The van der Waals surface area contributed by atoms with Gasteiger partial charge in [-0.3, -0.25) is 4.79 Å². The van der Waals surface area contributed by atoms with Gasteiger partial charge in [0, 0.05) is 28.5 Å². The highest BCUT2D eigenvalue weighted by Crippen LogP contribution is 2.59. The Morgan fingerprint density at radius 3 is 2.31 bits per heavy atom. The van der Waals surface area contributed by atoms with Crippen LogP contribution in [0.15, 0.2) is 41.3 Å². The van der Waals surface area contributed by atoms with Gasteiger partial charge in [0.1, 0.15) is 5.56 Å². The topological polar surface area (TPSA) is 118 Å². The summed E-state index contributed by atoms with van der Waals surface area (Å²) in [4.78, 5) is 16.5. The lowest BCUT2D eigenvalue weighted by Crippen LogP contribution is -2.30. The van der Waals surface area contributed by atoms with Crippen LogP contribution in [0.25, 0.3) is 0 Å². The van der Waals surface area contributed by atoms with Crippen molar-refractivity contribution in [2.24, 2.45) is 0 Å². The van der Waals surface area contributed by atoms with Crippen LogP contribution in [0.5, 0.6) is 11.8 Å². The molecule has 39 heavy (non-hydrogen) atoms. The van der Waals surface area contributed by atoms with Crippen molar-refractivity contribution in [3.05, 3.63) is 64.7 Å². The smallest absolute Gasteiger partial charge is 0.418 e. The molecule has 1 aliphatic rings. The number of rotatable bonds is 6. The molecule has 0 spiro atoms. The third-order valence-corrected chi connectivity index (χ3v) is 7.21. The molecule has 1 fully saturated rings. The summed E-state index contributed by atoms with van der Waals surface area (Å²) in [5.74, 6) is -4.19. The number of hydrogen-bond acceptors (Lipinski definition) is 7. The predicted molar refractivity (Wildman–Crippen MR) is 122 cm³/mol. The highest BCUT2D eigenvalue weighted by atomic mass is 32.2. The Hall–Kier alpha value is -3.82. The van der Waals surface area contributed by atoms with E-state index < -0.39 is 73.5 Å². The highest BCUT2D eigenvalue weighted by molar-refractivity contribution is 7.91. The van der Waals surface area contributed by atoms with Gasteiger partial charge in [-0.25, -0.2) is 8.99 Å². The zero-order valence-corrected chi connectivity index (χ0v) is 20.8. The SMILES string of the molecule is Cc1c(C(F)(F)F)nnc(Oc2ccc(C3(C(F)(F)F)CC3)c(F)n2)c1C(=O)Nc1cccc(S(C)(=N)=O)c1. The zero-order valence-electron chi connectivity index (χ0n) is 20.0. The van der Waals surface area contributed by atoms with Crippen LogP contribution < -0.4 is 10.1 Å². The number of alkyl halides is 6. The molecule has 1 aromatic carbocycles. The van der Waals surface area contributed by atoms with Crippen molar-refractivity contribution >= 4 is 21.3 Å². The number of anilines is 1. The Morgan fingerprint density at radius 2 is 1.77 bits per heavy atom. The molecule has 0 bridgehead atoms. The molecule has 0 radical (unpaired) electrons. The van der Waals surface area contributed by atoms with Crippen LogP contribution in [0.3, 0.4) is 0 Å². The van der Waals surface area contributed by atoms with Gasteiger partial charge in [-0.15, -0.1) is 10.2 Å². The number of halogens is 7. The normalized spacial score (nSPS) is 16.3. The van der Waals surface area contributed by atoms with E-state index >= 15 is 0 Å². The first-order valence-electron chi connectivity index (χ1n) is 11.0. The Balaban J connectivity index is 1.72. The van der Waals surface area contributed by atoms with Crippen molar-refractivity contribution in [1.29, 1.82) is 4.78 Å². The van der Waals surface area contributed by atoms with Gasteiger partial charge in [0.25, 0.3) is 11.8 Å². The number of nitrogens with one attached hydrogen (secondary N) is 2. The lowest BCUT2D eigenvalue weighted by atomic mass is 9.97. The van der Waals surface area contributed by atoms with Crippen LogP contribution >= 0.6 is 0 Å². The monoisotopic (exact) mass is 577 g/mol. The lowest BCUT2D eigenvalue weighted by molar-refractivity contribution is -0.161. The molecule has 0 saturated heterocycles. The predicted octanol–water partition coefficient (Wildman–Crippen LogP) is 6.01. The minimum atomic E-state index is -5.02. The van der Waals surface area contributed by atoms with Crippen LogP contribution in [-0.4, -0.2) is 37.7 Å². The molecule has 0 aliphatic heterocycles. The maximum atomic E-state index is 14.6. The van der Waals surface area contributed by atoms with Crippen molar-refractivity contribution in [3.63, 3.8) is 0 Å². The van der Waals surface area contributed by atoms with E-state index in [2.05, 4.69) is 20.5 Å². The molecule has 4 rings (SSSR count). The number of ether oxygens (including phenoxy) is 1. The van der Waals surface area contributed by atoms with Crippen LogP contribution in [0.4, 0.5) is 36.4 Å². The van der Waals surface area contributed by atoms with Gasteiger partial charge in [-0.2, -0.15) is 35.7 Å². The standard InChI is InChI=1S/C23H18F7N5O3S/c1-11-16(19(36)32-12-4-3-5-13(10-12)39(2,31)37)20(35-34-17(11)22(25,26)27)38-15-7-6-14(18(24)33-15)21(8-9-21)23(28,29)30/h3-7,10,31H,8-9H2,1-2H3,(H,32,36). The van der Waals surface area contributed by atoms with E-state index in [1.807, 2.05) is 0 Å². The Morgan fingerprint density at radius 1 is 1.10 bits per heavy atom. The minimum Gasteiger partial charge on any atom is -0.418 e. The number of pyridine rings is 1. The van der Waals surface area contributed by atoms with E-state index in [0.717, 1.165) is 25.3 Å². The summed E-state index contributed by atoms with van der Waals surface area (Å²) in [5.41, 5.74) is -6.12. The molecule has 2 aromatic heterocycles. The molecule has 1 atom stereocenters. The third-order valence-electron chi connectivity index (χ3n) is 6.05. The quantitative estimate of drug-likeness (QED) is 0.274. The van der Waals surface area contributed by atoms with Crippen LogP contribution in [0.1, 0.15) is 40.0 Å². The summed E-state index contributed by atoms with van der Waals surface area (Å²) in [7, 11) is -3.19. The number of nitrogens with zero attached hydrogens (tertiary/aromatic N) is 3. The van der Waals surface area contributed by atoms with E-state index in [1.165, 1.54) is 24.3 Å². The molecule has 1 saturated carbocycles. The molecule has 2 N–H and O–H groups in total. The number of carbonyl (C=O) groups excluding carboxylic acids is 1. The molecule has 208 valence electrons. The van der Waals surface area contributed by atoms with Gasteiger partial charge in [-0.1, -0.05) is 6.07 Å². The van der Waals surface area contributed by atoms with Gasteiger partial charge in [0.15, 0.2) is 5.69 Å². The molecule has 2 heterocycles. The lowest BCUT2D eigenvalue weighted by Gasteiger charge is -2.20. The molecular weight excluding hydrogens is 559 g/mol. The first-order chi connectivity index (χ1) is 17.9. The Bertz CT molecular complexity index is 1570. The largest absolute Gasteiger partial charge is 0.435 e. The molecular formula is C23H18F7N5O3S. The van der Waals surface area contributed by atoms with Crippen LogP contribution in [0.2, 0.25) is 0 Å². The Labute approximate surface area is 216 Å². The van der Waals surface area contributed by atoms with Crippen LogP contribution in [0, 0.1) is 17.7 Å². The number of aromatic nitrogens is 3. The fraction of sp³-hybridized carbons (Fsp3) is 0.304. The summed E-state index contributed by atoms with van der Waals surface area (Å²) in [6, 6.07) is 6.90. The van der Waals surface area contributed by atoms with Crippen molar-refractivity contribution in [2.45, 2.75) is 42.4 Å². The molecule has 3 aromatic rings. The van der Waals surface area contributed by atoms with Crippen molar-refractivity contribution in [3.8, 4) is 11.8 Å². The van der Waals surface area contributed by atoms with E-state index in [4.69, 9.17) is 9.52 Å². The summed E-state index contributed by atoms with van der Waals surface area (Å²) in [6.07, 6.45) is -9.29. The first kappa shape index (κ1) is 28.2. The number of amides is 1. The van der Waals surface area contributed by atoms with E-state index in [9.17, 15) is 39.7 Å². The second kappa shape index (κ2) is 9.43. The zero-order chi connectivity index (χ0) is 29.0. The van der Waals surface area contributed by atoms with E-state index in [0.29, 0.717) is 0 Å². The second-order valence-corrected chi connectivity index (χ2v) is 11.0. The molecule has 1 unspecified atom stereocenters. The maximum Gasteiger partial charge on any atom is 0.435 e. The Kier molecular flexibility index (Phi) is 6.82. The van der Waals surface area contributed by atoms with E-state index in [-0.39, 0.29) is 23.4 Å². The molecule has 16 heteroatoms. The summed E-state index contributed by atoms with van der Waals surface area (Å²) in [5, 5.41) is 8.65. The second-order valence-electron chi connectivity index (χ2n) is 8.85. The summed E-state index contributed by atoms with van der Waals surface area (Å²) >= 11 is 0. The van der Waals surface area contributed by atoms with Crippen LogP contribution in [-0.2, 0) is 21.3 Å². The molecule has 1 aliphatic carbocycles. The van der Waals surface area contributed by atoms with E-state index in [1.54, 1.807) is 0 Å². The molecule has 1 amide bonds. The van der Waals surface area contributed by atoms with Gasteiger partial charge < -0.3 is 10.1 Å². The van der Waals surface area contributed by atoms with Gasteiger partial charge >= 0.3 is 12.4 Å². The fourth-order valence-electron chi connectivity index (χ4n) is 3.88. The first-order valence-corrected chi connectivity index (χ1v) is 12.9. The minimum absolute atomic E-state index is 0.0227.